The number of fused-ring (bicyclic) bond motifs is 1. The number of carbonyl (C=O) groups is 4. The molecule has 0 unspecified atom stereocenters. The zero-order valence-corrected chi connectivity index (χ0v) is 32.1. The molecular weight excluding hydrogens is 757 g/mol. The summed E-state index contributed by atoms with van der Waals surface area (Å²) in [5.41, 5.74) is 1.74. The lowest BCUT2D eigenvalue weighted by Gasteiger charge is -2.26. The number of aliphatic hydroxyl groups is 2. The fourth-order valence-electron chi connectivity index (χ4n) is 6.92. The molecule has 12 nitrogen and oxygen atoms in total. The van der Waals surface area contributed by atoms with Crippen molar-refractivity contribution in [2.45, 2.75) is 74.0 Å². The Morgan fingerprint density at radius 1 is 0.536 bits per heavy atom. The van der Waals surface area contributed by atoms with Gasteiger partial charge in [-0.3, -0.25) is 19.2 Å². The molecule has 1 heterocycles. The van der Waals surface area contributed by atoms with Gasteiger partial charge in [-0.1, -0.05) is 47.8 Å². The molecule has 3 aliphatic rings. The van der Waals surface area contributed by atoms with Crippen molar-refractivity contribution in [3.05, 3.63) is 81.6 Å². The quantitative estimate of drug-likeness (QED) is 0.110. The van der Waals surface area contributed by atoms with Crippen molar-refractivity contribution in [2.24, 2.45) is 23.7 Å². The third-order valence-electron chi connectivity index (χ3n) is 10.2. The zero-order valence-electron chi connectivity index (χ0n) is 30.4. The van der Waals surface area contributed by atoms with Gasteiger partial charge >= 0.3 is 23.9 Å². The lowest BCUT2D eigenvalue weighted by molar-refractivity contribution is -0.145. The molecule has 290 valence electrons. The second kappa shape index (κ2) is 19.2. The van der Waals surface area contributed by atoms with E-state index in [1.54, 1.807) is 48.5 Å². The van der Waals surface area contributed by atoms with Crippen LogP contribution in [0.4, 0.5) is 0 Å². The van der Waals surface area contributed by atoms with Gasteiger partial charge in [0.05, 0.1) is 37.7 Å². The molecule has 0 amide bonds. The minimum Gasteiger partial charge on any atom is -0.426 e. The first-order valence-electron chi connectivity index (χ1n) is 18.5. The summed E-state index contributed by atoms with van der Waals surface area (Å²) in [6.45, 7) is 0.0623. The van der Waals surface area contributed by atoms with E-state index < -0.39 is 23.8 Å². The number of nitrogens with zero attached hydrogens (tertiary/aromatic N) is 2. The van der Waals surface area contributed by atoms with Gasteiger partial charge in [0.1, 0.15) is 40.7 Å². The summed E-state index contributed by atoms with van der Waals surface area (Å²) in [4.78, 5) is 53.4. The van der Waals surface area contributed by atoms with Crippen molar-refractivity contribution in [1.82, 2.24) is 0 Å². The molecule has 2 saturated carbocycles. The maximum Gasteiger partial charge on any atom is 0.314 e. The molecule has 0 radical (unpaired) electrons. The van der Waals surface area contributed by atoms with Crippen LogP contribution < -0.4 is 18.9 Å². The normalized spacial score (nSPS) is 20.1. The van der Waals surface area contributed by atoms with E-state index >= 15 is 0 Å². The van der Waals surface area contributed by atoms with E-state index in [1.807, 2.05) is 12.1 Å². The molecule has 2 aliphatic carbocycles. The fourth-order valence-corrected chi connectivity index (χ4v) is 9.41. The highest BCUT2D eigenvalue weighted by molar-refractivity contribution is 8.24. The Labute approximate surface area is 332 Å². The van der Waals surface area contributed by atoms with Gasteiger partial charge in [-0.25, -0.2) is 0 Å². The zero-order chi connectivity index (χ0) is 39.6. The minimum atomic E-state index is -0.471. The molecule has 0 bridgehead atoms. The molecule has 3 aromatic carbocycles. The van der Waals surface area contributed by atoms with Gasteiger partial charge in [0.25, 0.3) is 0 Å². The number of esters is 4. The third kappa shape index (κ3) is 10.00. The average molecular weight is 797 g/mol. The second-order valence-corrected chi connectivity index (χ2v) is 16.1. The molecule has 0 aromatic heterocycles. The average Bonchev–Trinajstić information content (AvgIpc) is 3.67. The Bertz CT molecular complexity index is 1910. The van der Waals surface area contributed by atoms with Gasteiger partial charge in [-0.15, -0.1) is 0 Å². The van der Waals surface area contributed by atoms with Gasteiger partial charge in [-0.05, 0) is 112 Å². The first-order chi connectivity index (χ1) is 27.2. The van der Waals surface area contributed by atoms with E-state index in [2.05, 4.69) is 0 Å². The Kier molecular flexibility index (Phi) is 13.9. The predicted octanol–water partition coefficient (Wildman–Crippen LogP) is 6.85. The highest BCUT2D eigenvalue weighted by Gasteiger charge is 2.36. The topological polar surface area (TPSA) is 193 Å². The van der Waals surface area contributed by atoms with E-state index in [0.29, 0.717) is 89.7 Å². The van der Waals surface area contributed by atoms with Crippen LogP contribution in [0.15, 0.2) is 80.3 Å². The highest BCUT2D eigenvalue weighted by atomic mass is 32.2. The summed E-state index contributed by atoms with van der Waals surface area (Å²) < 4.78 is 23.3. The summed E-state index contributed by atoms with van der Waals surface area (Å²) in [6.07, 6.45) is 4.50. The molecule has 14 heteroatoms. The molecule has 0 atom stereocenters. The maximum atomic E-state index is 13.4. The Morgan fingerprint density at radius 3 is 1.16 bits per heavy atom. The van der Waals surface area contributed by atoms with Crippen molar-refractivity contribution in [2.75, 3.05) is 13.2 Å². The maximum absolute atomic E-state index is 13.4. The first-order valence-corrected chi connectivity index (χ1v) is 20.2. The van der Waals surface area contributed by atoms with E-state index in [0.717, 1.165) is 34.7 Å². The first kappa shape index (κ1) is 40.5. The number of aliphatic hydroxyl groups excluding tert-OH is 2. The summed E-state index contributed by atoms with van der Waals surface area (Å²) >= 11 is 2.19. The monoisotopic (exact) mass is 796 g/mol. The summed E-state index contributed by atoms with van der Waals surface area (Å²) in [6, 6.07) is 20.8. The van der Waals surface area contributed by atoms with Crippen LogP contribution in [0.25, 0.3) is 0 Å². The number of nitriles is 2. The standard InChI is InChI=1S/C42H40N2O10S2/c43-23-31(24-44)42-55-36-34(53-40(49)29-9-5-27(6-10-29)38(47)51-32-13-1-25(2-14-32)19-21-45)17-18-35(37(36)56-42)54-41(50)30-11-7-28(8-12-30)39(48)52-33-15-3-26(4-16-33)20-22-46/h1-4,13-18,27-30,45-46H,5-12,19-22H2. The number of carbonyl (C=O) groups excluding carboxylic acids is 4. The van der Waals surface area contributed by atoms with Crippen LogP contribution in [0.2, 0.25) is 0 Å². The van der Waals surface area contributed by atoms with Crippen molar-refractivity contribution < 1.29 is 48.3 Å². The number of hydrogen-bond acceptors (Lipinski definition) is 14. The Morgan fingerprint density at radius 2 is 0.857 bits per heavy atom. The summed E-state index contributed by atoms with van der Waals surface area (Å²) in [5.74, 6) is -2.06. The van der Waals surface area contributed by atoms with E-state index in [-0.39, 0.29) is 54.1 Å². The summed E-state index contributed by atoms with van der Waals surface area (Å²) in [7, 11) is 0. The van der Waals surface area contributed by atoms with Gasteiger partial charge < -0.3 is 29.2 Å². The molecular formula is C42H40N2O10S2. The van der Waals surface area contributed by atoms with E-state index in [4.69, 9.17) is 29.2 Å². The highest BCUT2D eigenvalue weighted by Crippen LogP contribution is 2.59. The lowest BCUT2D eigenvalue weighted by atomic mass is 9.82. The minimum absolute atomic E-state index is 0.0311. The Hall–Kier alpha value is -5.12. The smallest absolute Gasteiger partial charge is 0.314 e. The van der Waals surface area contributed by atoms with Crippen LogP contribution in [0.3, 0.4) is 0 Å². The van der Waals surface area contributed by atoms with Gasteiger partial charge in [0.2, 0.25) is 0 Å². The van der Waals surface area contributed by atoms with Gasteiger partial charge in [0.15, 0.2) is 0 Å². The Balaban J connectivity index is 1.05. The van der Waals surface area contributed by atoms with Gasteiger partial charge in [0, 0.05) is 13.2 Å². The number of ether oxygens (including phenoxy) is 4. The van der Waals surface area contributed by atoms with Gasteiger partial charge in [-0.2, -0.15) is 10.5 Å². The number of allylic oxidation sites excluding steroid dienone is 1. The fraction of sp³-hybridized carbons (Fsp3) is 0.381. The van der Waals surface area contributed by atoms with Crippen molar-refractivity contribution in [1.29, 1.82) is 10.5 Å². The van der Waals surface area contributed by atoms with Crippen LogP contribution in [0.1, 0.15) is 62.5 Å². The van der Waals surface area contributed by atoms with Crippen LogP contribution in [0.5, 0.6) is 23.0 Å². The van der Waals surface area contributed by atoms with Crippen molar-refractivity contribution in [3.63, 3.8) is 0 Å². The molecule has 2 fully saturated rings. The van der Waals surface area contributed by atoms with E-state index in [1.165, 1.54) is 12.1 Å². The molecule has 1 aliphatic heterocycles. The molecule has 0 saturated heterocycles. The number of hydrogen-bond donors (Lipinski definition) is 2. The molecule has 0 spiro atoms. The largest absolute Gasteiger partial charge is 0.426 e. The predicted molar refractivity (Wildman–Crippen MR) is 204 cm³/mol. The molecule has 56 heavy (non-hydrogen) atoms. The SMILES string of the molecule is N#CC(C#N)=C1Sc2c(OC(=O)C3CCC(C(=O)Oc4ccc(CCO)cc4)CC3)ccc(OC(=O)C3CCC(C(=O)Oc4ccc(CCO)cc4)CC3)c2S1. The van der Waals surface area contributed by atoms with Crippen LogP contribution in [-0.2, 0) is 32.0 Å². The third-order valence-corrected chi connectivity index (χ3v) is 12.8. The van der Waals surface area contributed by atoms with Crippen LogP contribution >= 0.6 is 23.5 Å². The van der Waals surface area contributed by atoms with Crippen molar-refractivity contribution >= 4 is 47.4 Å². The van der Waals surface area contributed by atoms with E-state index in [9.17, 15) is 29.7 Å². The molecule has 3 aromatic rings. The summed E-state index contributed by atoms with van der Waals surface area (Å²) in [5, 5.41) is 37.4. The molecule has 2 N–H and O–H groups in total. The van der Waals surface area contributed by atoms with Crippen molar-refractivity contribution in [3.8, 4) is 35.1 Å². The number of thioether (sulfide) groups is 2. The lowest BCUT2D eigenvalue weighted by Crippen LogP contribution is -2.30. The van der Waals surface area contributed by atoms with Crippen LogP contribution in [0, 0.1) is 46.3 Å². The number of benzene rings is 3. The number of rotatable bonds is 12. The van der Waals surface area contributed by atoms with Crippen LogP contribution in [-0.4, -0.2) is 47.3 Å². The second-order valence-electron chi connectivity index (χ2n) is 13.8. The molecule has 6 rings (SSSR count).